The van der Waals surface area contributed by atoms with E-state index in [0.29, 0.717) is 25.1 Å². The number of hydrogen-bond acceptors (Lipinski definition) is 6. The van der Waals surface area contributed by atoms with E-state index in [0.717, 1.165) is 44.9 Å². The van der Waals surface area contributed by atoms with Crippen molar-refractivity contribution in [1.29, 1.82) is 0 Å². The highest BCUT2D eigenvalue weighted by molar-refractivity contribution is 7.80. The summed E-state index contributed by atoms with van der Waals surface area (Å²) >= 11 is 4.31. The van der Waals surface area contributed by atoms with Crippen molar-refractivity contribution in [2.45, 2.75) is 104 Å². The lowest BCUT2D eigenvalue weighted by Gasteiger charge is -2.34. The fraction of sp³-hybridized carbons (Fsp3) is 0.679. The van der Waals surface area contributed by atoms with E-state index in [-0.39, 0.29) is 17.4 Å². The molecule has 9 heteroatoms. The summed E-state index contributed by atoms with van der Waals surface area (Å²) in [6, 6.07) is 4.50. The number of amides is 3. The molecule has 8 nitrogen and oxygen atoms in total. The molecule has 1 rings (SSSR count). The first-order valence-corrected chi connectivity index (χ1v) is 14.1. The van der Waals surface area contributed by atoms with Crippen LogP contribution < -0.4 is 10.6 Å². The molecule has 0 aliphatic heterocycles. The molecule has 2 atom stereocenters. The van der Waals surface area contributed by atoms with Gasteiger partial charge in [0, 0.05) is 24.4 Å². The van der Waals surface area contributed by atoms with Crippen LogP contribution in [0.15, 0.2) is 24.3 Å². The Balaban J connectivity index is 3.31. The lowest BCUT2D eigenvalue weighted by Crippen LogP contribution is -2.54. The lowest BCUT2D eigenvalue weighted by atomic mass is 10.0. The van der Waals surface area contributed by atoms with Crippen LogP contribution in [0.2, 0.25) is 0 Å². The summed E-state index contributed by atoms with van der Waals surface area (Å²) in [5.41, 5.74) is -0.392. The van der Waals surface area contributed by atoms with E-state index < -0.39 is 29.7 Å². The molecule has 0 aliphatic carbocycles. The van der Waals surface area contributed by atoms with E-state index >= 15 is 0 Å². The number of thiol groups is 1. The van der Waals surface area contributed by atoms with Crippen molar-refractivity contribution in [2.24, 2.45) is 0 Å². The van der Waals surface area contributed by atoms with Crippen LogP contribution in [0.25, 0.3) is 0 Å². The number of nitrogens with zero attached hydrogens (tertiary/aromatic N) is 1. The number of phenolic OH excluding ortho intramolecular Hbond substituents is 1. The molecule has 210 valence electrons. The van der Waals surface area contributed by atoms with Crippen molar-refractivity contribution < 1.29 is 24.2 Å². The van der Waals surface area contributed by atoms with E-state index in [9.17, 15) is 19.5 Å². The molecule has 0 fully saturated rings. The maximum Gasteiger partial charge on any atom is 0.408 e. The van der Waals surface area contributed by atoms with Gasteiger partial charge in [0.2, 0.25) is 11.8 Å². The predicted molar refractivity (Wildman–Crippen MR) is 151 cm³/mol. The van der Waals surface area contributed by atoms with Crippen molar-refractivity contribution in [1.82, 2.24) is 15.5 Å². The normalized spacial score (nSPS) is 12.9. The zero-order chi connectivity index (χ0) is 27.8. The van der Waals surface area contributed by atoms with Crippen LogP contribution in [0, 0.1) is 0 Å². The quantitative estimate of drug-likeness (QED) is 0.168. The topological polar surface area (TPSA) is 108 Å². The van der Waals surface area contributed by atoms with Gasteiger partial charge in [-0.15, -0.1) is 0 Å². The highest BCUT2D eigenvalue weighted by atomic mass is 32.1. The van der Waals surface area contributed by atoms with Crippen LogP contribution in [-0.4, -0.2) is 58.4 Å². The van der Waals surface area contributed by atoms with E-state index in [1.807, 2.05) is 0 Å². The van der Waals surface area contributed by atoms with E-state index in [1.54, 1.807) is 39.0 Å². The van der Waals surface area contributed by atoms with Crippen molar-refractivity contribution in [3.63, 3.8) is 0 Å². The fourth-order valence-electron chi connectivity index (χ4n) is 3.94. The van der Waals surface area contributed by atoms with Crippen molar-refractivity contribution in [3.8, 4) is 5.75 Å². The second kappa shape index (κ2) is 17.2. The monoisotopic (exact) mass is 537 g/mol. The number of carbonyl (C=O) groups excluding carboxylic acids is 3. The van der Waals surface area contributed by atoms with Gasteiger partial charge in [0.1, 0.15) is 23.4 Å². The number of rotatable bonds is 16. The second-order valence-electron chi connectivity index (χ2n) is 10.3. The molecule has 0 saturated carbocycles. The van der Waals surface area contributed by atoms with Crippen molar-refractivity contribution in [3.05, 3.63) is 29.8 Å². The number of hydrogen-bond donors (Lipinski definition) is 4. The Morgan fingerprint density at radius 3 is 2.22 bits per heavy atom. The van der Waals surface area contributed by atoms with Gasteiger partial charge in [-0.05, 0) is 39.7 Å². The maximum atomic E-state index is 13.8. The molecule has 1 aromatic carbocycles. The van der Waals surface area contributed by atoms with Crippen LogP contribution in [-0.2, 0) is 14.3 Å². The highest BCUT2D eigenvalue weighted by Crippen LogP contribution is 2.30. The summed E-state index contributed by atoms with van der Waals surface area (Å²) < 4.78 is 5.34. The molecule has 2 unspecified atom stereocenters. The van der Waals surface area contributed by atoms with Gasteiger partial charge in [0.15, 0.2) is 0 Å². The van der Waals surface area contributed by atoms with Gasteiger partial charge in [-0.25, -0.2) is 4.79 Å². The third-order valence-corrected chi connectivity index (χ3v) is 6.19. The largest absolute Gasteiger partial charge is 0.508 e. The number of unbranched alkanes of at least 4 members (excludes halogenated alkanes) is 6. The molecular formula is C28H47N3O5S. The van der Waals surface area contributed by atoms with Gasteiger partial charge in [0.25, 0.3) is 0 Å². The third kappa shape index (κ3) is 12.1. The molecule has 0 heterocycles. The maximum absolute atomic E-state index is 13.8. The smallest absolute Gasteiger partial charge is 0.408 e. The first kappa shape index (κ1) is 32.6. The number of ether oxygens (including phenoxy) is 1. The zero-order valence-corrected chi connectivity index (χ0v) is 24.1. The molecule has 0 saturated heterocycles. The summed E-state index contributed by atoms with van der Waals surface area (Å²) in [6.07, 6.45) is 6.86. The standard InChI is InChI=1S/C28H47N3O5S/c1-6-8-10-11-15-19-31(26(34)22(20-37)30-27(35)36-28(3,4)5)24(21-16-12-13-17-23(21)32)25(33)29-18-14-9-7-2/h12-13,16-17,22,24,32,37H,6-11,14-15,18-20H2,1-5H3,(H,29,33)(H,30,35). The Labute approximate surface area is 228 Å². The highest BCUT2D eigenvalue weighted by Gasteiger charge is 2.36. The molecular weight excluding hydrogens is 490 g/mol. The molecule has 0 radical (unpaired) electrons. The second-order valence-corrected chi connectivity index (χ2v) is 10.7. The minimum Gasteiger partial charge on any atom is -0.508 e. The van der Waals surface area contributed by atoms with Crippen LogP contribution >= 0.6 is 12.6 Å². The molecule has 0 bridgehead atoms. The van der Waals surface area contributed by atoms with Gasteiger partial charge in [-0.2, -0.15) is 12.6 Å². The van der Waals surface area contributed by atoms with Crippen LogP contribution in [0.3, 0.4) is 0 Å². The van der Waals surface area contributed by atoms with Gasteiger partial charge in [0.05, 0.1) is 0 Å². The van der Waals surface area contributed by atoms with Crippen molar-refractivity contribution in [2.75, 3.05) is 18.8 Å². The van der Waals surface area contributed by atoms with Crippen LogP contribution in [0.5, 0.6) is 5.75 Å². The molecule has 3 amide bonds. The first-order valence-electron chi connectivity index (χ1n) is 13.5. The number of para-hydroxylation sites is 1. The molecule has 0 aromatic heterocycles. The number of aromatic hydroxyl groups is 1. The molecule has 37 heavy (non-hydrogen) atoms. The average Bonchev–Trinajstić information content (AvgIpc) is 2.83. The Kier molecular flexibility index (Phi) is 15.1. The Morgan fingerprint density at radius 2 is 1.62 bits per heavy atom. The van der Waals surface area contributed by atoms with E-state index in [1.165, 1.54) is 11.0 Å². The minimum atomic E-state index is -1.05. The Bertz CT molecular complexity index is 843. The summed E-state index contributed by atoms with van der Waals surface area (Å²) in [5, 5.41) is 16.2. The van der Waals surface area contributed by atoms with Gasteiger partial charge in [-0.3, -0.25) is 9.59 Å². The Hall–Kier alpha value is -2.42. The number of benzene rings is 1. The number of alkyl carbamates (subject to hydrolysis) is 1. The number of nitrogens with one attached hydrogen (secondary N) is 2. The summed E-state index contributed by atoms with van der Waals surface area (Å²) in [5.74, 6) is -0.860. The van der Waals surface area contributed by atoms with Gasteiger partial charge in [-0.1, -0.05) is 70.6 Å². The Morgan fingerprint density at radius 1 is 1.00 bits per heavy atom. The van der Waals surface area contributed by atoms with Crippen LogP contribution in [0.4, 0.5) is 4.79 Å². The average molecular weight is 538 g/mol. The molecule has 0 aliphatic rings. The van der Waals surface area contributed by atoms with Gasteiger partial charge < -0.3 is 25.4 Å². The van der Waals surface area contributed by atoms with Crippen LogP contribution in [0.1, 0.15) is 97.6 Å². The number of phenols is 1. The van der Waals surface area contributed by atoms with Crippen molar-refractivity contribution >= 4 is 30.5 Å². The molecule has 1 aromatic rings. The van der Waals surface area contributed by atoms with E-state index in [2.05, 4.69) is 37.1 Å². The summed E-state index contributed by atoms with van der Waals surface area (Å²) in [6.45, 7) is 10.2. The summed E-state index contributed by atoms with van der Waals surface area (Å²) in [7, 11) is 0. The predicted octanol–water partition coefficient (Wildman–Crippen LogP) is 5.36. The molecule has 3 N–H and O–H groups in total. The fourth-order valence-corrected chi connectivity index (χ4v) is 4.19. The lowest BCUT2D eigenvalue weighted by molar-refractivity contribution is -0.142. The SMILES string of the molecule is CCCCCCCN(C(=O)C(CS)NC(=O)OC(C)(C)C)C(C(=O)NCCCCC)c1ccccc1O. The number of carbonyl (C=O) groups is 3. The molecule has 0 spiro atoms. The zero-order valence-electron chi connectivity index (χ0n) is 23.2. The first-order chi connectivity index (χ1) is 17.6. The van der Waals surface area contributed by atoms with Gasteiger partial charge >= 0.3 is 6.09 Å². The minimum absolute atomic E-state index is 0.0238. The summed E-state index contributed by atoms with van der Waals surface area (Å²) in [4.78, 5) is 41.3. The third-order valence-electron chi connectivity index (χ3n) is 5.83. The van der Waals surface area contributed by atoms with E-state index in [4.69, 9.17) is 4.74 Å².